The van der Waals surface area contributed by atoms with E-state index in [2.05, 4.69) is 14.5 Å². The number of hydrogen-bond donors (Lipinski definition) is 1. The van der Waals surface area contributed by atoms with E-state index in [1.165, 1.54) is 11.8 Å². The van der Waals surface area contributed by atoms with Crippen LogP contribution in [0.15, 0.2) is 35.5 Å². The molecule has 0 fully saturated rings. The molecule has 5 nitrogen and oxygen atoms in total. The zero-order valence-corrected chi connectivity index (χ0v) is 14.9. The fourth-order valence-electron chi connectivity index (χ4n) is 2.82. The Kier molecular flexibility index (Phi) is 5.06. The summed E-state index contributed by atoms with van der Waals surface area (Å²) in [5.74, 6) is 0.492. The van der Waals surface area contributed by atoms with E-state index >= 15 is 0 Å². The topological polar surface area (TPSA) is 59.9 Å². The molecule has 6 heteroatoms. The van der Waals surface area contributed by atoms with Gasteiger partial charge in [-0.15, -0.1) is 0 Å². The van der Waals surface area contributed by atoms with Crippen LogP contribution in [-0.2, 0) is 11.3 Å². The standard InChI is InChI=1S/C18H21N3O2S/c1-12-10-14(13(2)21(12)8-9-23-3)17(22)11-24-18-19-15-6-4-5-7-16(15)20-18/h4-7,10H,8-9,11H2,1-3H3,(H,19,20). The van der Waals surface area contributed by atoms with E-state index in [1.54, 1.807) is 7.11 Å². The second kappa shape index (κ2) is 7.23. The van der Waals surface area contributed by atoms with Crippen molar-refractivity contribution in [1.82, 2.24) is 14.5 Å². The lowest BCUT2D eigenvalue weighted by Gasteiger charge is -2.08. The maximum Gasteiger partial charge on any atom is 0.175 e. The Morgan fingerprint density at radius 1 is 1.33 bits per heavy atom. The Labute approximate surface area is 145 Å². The second-order valence-corrected chi connectivity index (χ2v) is 6.66. The van der Waals surface area contributed by atoms with Crippen molar-refractivity contribution in [3.05, 3.63) is 47.3 Å². The van der Waals surface area contributed by atoms with Gasteiger partial charge in [-0.25, -0.2) is 4.98 Å². The van der Waals surface area contributed by atoms with E-state index in [9.17, 15) is 4.79 Å². The maximum absolute atomic E-state index is 12.6. The van der Waals surface area contributed by atoms with Gasteiger partial charge in [0.2, 0.25) is 0 Å². The number of methoxy groups -OCH3 is 1. The number of aromatic nitrogens is 3. The molecule has 0 aliphatic heterocycles. The molecule has 0 radical (unpaired) electrons. The predicted molar refractivity (Wildman–Crippen MR) is 96.9 cm³/mol. The van der Waals surface area contributed by atoms with Gasteiger partial charge in [-0.05, 0) is 32.0 Å². The number of nitrogens with one attached hydrogen (secondary N) is 1. The number of carbonyl (C=O) groups is 1. The van der Waals surface area contributed by atoms with Gasteiger partial charge in [0.05, 0.1) is 23.4 Å². The molecule has 126 valence electrons. The van der Waals surface area contributed by atoms with Gasteiger partial charge in [0, 0.05) is 30.6 Å². The van der Waals surface area contributed by atoms with Crippen LogP contribution in [-0.4, -0.2) is 39.8 Å². The molecule has 3 aromatic rings. The zero-order valence-electron chi connectivity index (χ0n) is 14.1. The molecular weight excluding hydrogens is 322 g/mol. The number of benzene rings is 1. The average Bonchev–Trinajstić information content (AvgIpc) is 3.12. The summed E-state index contributed by atoms with van der Waals surface area (Å²) in [7, 11) is 1.68. The van der Waals surface area contributed by atoms with Crippen molar-refractivity contribution in [2.75, 3.05) is 19.5 Å². The summed E-state index contributed by atoms with van der Waals surface area (Å²) < 4.78 is 7.26. The number of carbonyl (C=O) groups excluding carboxylic acids is 1. The summed E-state index contributed by atoms with van der Waals surface area (Å²) in [5.41, 5.74) is 4.78. The van der Waals surface area contributed by atoms with E-state index in [-0.39, 0.29) is 5.78 Å². The van der Waals surface area contributed by atoms with E-state index in [0.29, 0.717) is 12.4 Å². The molecule has 24 heavy (non-hydrogen) atoms. The van der Waals surface area contributed by atoms with Crippen molar-refractivity contribution >= 4 is 28.6 Å². The van der Waals surface area contributed by atoms with Crippen molar-refractivity contribution in [3.63, 3.8) is 0 Å². The molecule has 1 N–H and O–H groups in total. The first kappa shape index (κ1) is 16.8. The lowest BCUT2D eigenvalue weighted by atomic mass is 10.2. The highest BCUT2D eigenvalue weighted by molar-refractivity contribution is 7.99. The highest BCUT2D eigenvalue weighted by atomic mass is 32.2. The molecule has 0 saturated heterocycles. The molecule has 0 amide bonds. The molecule has 0 atom stereocenters. The molecule has 0 saturated carbocycles. The van der Waals surface area contributed by atoms with E-state index < -0.39 is 0 Å². The lowest BCUT2D eigenvalue weighted by molar-refractivity contribution is 0.102. The summed E-state index contributed by atoms with van der Waals surface area (Å²) >= 11 is 1.44. The summed E-state index contributed by atoms with van der Waals surface area (Å²) in [5, 5.41) is 0.776. The number of Topliss-reactive ketones (excluding diaryl/α,β-unsaturated/α-hetero) is 1. The summed E-state index contributed by atoms with van der Waals surface area (Å²) in [6, 6.07) is 9.83. The van der Waals surface area contributed by atoms with Crippen LogP contribution >= 0.6 is 11.8 Å². The fourth-order valence-corrected chi connectivity index (χ4v) is 3.59. The minimum absolute atomic E-state index is 0.122. The van der Waals surface area contributed by atoms with E-state index in [4.69, 9.17) is 4.74 Å². The van der Waals surface area contributed by atoms with Crippen LogP contribution in [0.3, 0.4) is 0 Å². The van der Waals surface area contributed by atoms with Gasteiger partial charge in [-0.2, -0.15) is 0 Å². The summed E-state index contributed by atoms with van der Waals surface area (Å²) in [6.45, 7) is 5.41. The van der Waals surface area contributed by atoms with Crippen LogP contribution in [0.4, 0.5) is 0 Å². The first-order valence-electron chi connectivity index (χ1n) is 7.86. The first-order chi connectivity index (χ1) is 11.6. The molecule has 0 aliphatic rings. The number of ketones is 1. The number of rotatable bonds is 7. The van der Waals surface area contributed by atoms with Gasteiger partial charge in [0.15, 0.2) is 10.9 Å². The number of aryl methyl sites for hydroxylation is 1. The Balaban J connectivity index is 1.70. The average molecular weight is 343 g/mol. The van der Waals surface area contributed by atoms with E-state index in [0.717, 1.165) is 39.7 Å². The highest BCUT2D eigenvalue weighted by Crippen LogP contribution is 2.22. The number of fused-ring (bicyclic) bond motifs is 1. The third-order valence-corrected chi connectivity index (χ3v) is 4.97. The fraction of sp³-hybridized carbons (Fsp3) is 0.333. The normalized spacial score (nSPS) is 11.3. The minimum Gasteiger partial charge on any atom is -0.383 e. The maximum atomic E-state index is 12.6. The largest absolute Gasteiger partial charge is 0.383 e. The van der Waals surface area contributed by atoms with Crippen molar-refractivity contribution in [1.29, 1.82) is 0 Å². The van der Waals surface area contributed by atoms with Gasteiger partial charge in [-0.1, -0.05) is 23.9 Å². The molecule has 3 rings (SSSR count). The highest BCUT2D eigenvalue weighted by Gasteiger charge is 2.16. The van der Waals surface area contributed by atoms with Crippen molar-refractivity contribution in [2.24, 2.45) is 0 Å². The number of ether oxygens (including phenoxy) is 1. The molecule has 0 unspecified atom stereocenters. The second-order valence-electron chi connectivity index (χ2n) is 5.70. The smallest absolute Gasteiger partial charge is 0.175 e. The number of nitrogens with zero attached hydrogens (tertiary/aromatic N) is 2. The Hall–Kier alpha value is -2.05. The number of hydrogen-bond acceptors (Lipinski definition) is 4. The molecule has 0 bridgehead atoms. The third-order valence-electron chi connectivity index (χ3n) is 4.10. The predicted octanol–water partition coefficient (Wildman–Crippen LogP) is 3.60. The van der Waals surface area contributed by atoms with Gasteiger partial charge in [0.1, 0.15) is 0 Å². The van der Waals surface area contributed by atoms with Crippen LogP contribution < -0.4 is 0 Å². The van der Waals surface area contributed by atoms with E-state index in [1.807, 2.05) is 44.2 Å². The molecule has 2 aromatic heterocycles. The number of para-hydroxylation sites is 2. The number of imidazole rings is 1. The molecular formula is C18H21N3O2S. The third kappa shape index (κ3) is 3.39. The van der Waals surface area contributed by atoms with Crippen molar-refractivity contribution in [2.45, 2.75) is 25.5 Å². The van der Waals surface area contributed by atoms with Crippen LogP contribution in [0.2, 0.25) is 0 Å². The Morgan fingerprint density at radius 3 is 2.88 bits per heavy atom. The number of aromatic amines is 1. The summed E-state index contributed by atoms with van der Waals surface area (Å²) in [6.07, 6.45) is 0. The number of thioether (sulfide) groups is 1. The quantitative estimate of drug-likeness (QED) is 0.526. The van der Waals surface area contributed by atoms with Gasteiger partial charge >= 0.3 is 0 Å². The van der Waals surface area contributed by atoms with Crippen molar-refractivity contribution in [3.8, 4) is 0 Å². The minimum atomic E-state index is 0.122. The van der Waals surface area contributed by atoms with Crippen molar-refractivity contribution < 1.29 is 9.53 Å². The Morgan fingerprint density at radius 2 is 2.12 bits per heavy atom. The molecule has 0 aliphatic carbocycles. The zero-order chi connectivity index (χ0) is 17.1. The lowest BCUT2D eigenvalue weighted by Crippen LogP contribution is -2.09. The number of H-pyrrole nitrogens is 1. The van der Waals surface area contributed by atoms with Gasteiger partial charge < -0.3 is 14.3 Å². The van der Waals surface area contributed by atoms with Crippen LogP contribution in [0.25, 0.3) is 11.0 Å². The van der Waals surface area contributed by atoms with Crippen LogP contribution in [0, 0.1) is 13.8 Å². The van der Waals surface area contributed by atoms with Crippen LogP contribution in [0.1, 0.15) is 21.7 Å². The monoisotopic (exact) mass is 343 g/mol. The molecule has 2 heterocycles. The Bertz CT molecular complexity index is 833. The van der Waals surface area contributed by atoms with Gasteiger partial charge in [0.25, 0.3) is 0 Å². The first-order valence-corrected chi connectivity index (χ1v) is 8.85. The van der Waals surface area contributed by atoms with Crippen LogP contribution in [0.5, 0.6) is 0 Å². The summed E-state index contributed by atoms with van der Waals surface area (Å²) in [4.78, 5) is 20.3. The SMILES string of the molecule is COCCn1c(C)cc(C(=O)CSc2nc3ccccc3[nH]2)c1C. The molecule has 1 aromatic carbocycles. The molecule has 0 spiro atoms. The van der Waals surface area contributed by atoms with Gasteiger partial charge in [-0.3, -0.25) is 4.79 Å².